The number of nitrogen functional groups attached to an aromatic ring is 1. The van der Waals surface area contributed by atoms with Gasteiger partial charge in [-0.1, -0.05) is 12.1 Å². The largest absolute Gasteiger partial charge is 0.384 e. The molecule has 0 bridgehead atoms. The number of hydrogen-bond donors (Lipinski definition) is 1. The van der Waals surface area contributed by atoms with Crippen LogP contribution >= 0.6 is 0 Å². The van der Waals surface area contributed by atoms with E-state index in [-0.39, 0.29) is 0 Å². The highest BCUT2D eigenvalue weighted by atomic mass is 15.2. The lowest BCUT2D eigenvalue weighted by molar-refractivity contribution is 0.768. The van der Waals surface area contributed by atoms with Crippen molar-refractivity contribution in [3.05, 3.63) is 47.8 Å². The monoisotopic (exact) mass is 279 g/mol. The van der Waals surface area contributed by atoms with Crippen molar-refractivity contribution >= 4 is 5.82 Å². The molecule has 0 fully saturated rings. The predicted molar refractivity (Wildman–Crippen MR) is 83.6 cm³/mol. The minimum absolute atomic E-state index is 0.456. The molecule has 1 aromatic carbocycles. The van der Waals surface area contributed by atoms with Gasteiger partial charge in [-0.2, -0.15) is 5.10 Å². The van der Waals surface area contributed by atoms with Crippen molar-refractivity contribution in [1.29, 1.82) is 0 Å². The minimum Gasteiger partial charge on any atom is -0.384 e. The van der Waals surface area contributed by atoms with Crippen molar-refractivity contribution in [2.75, 3.05) is 5.73 Å². The minimum atomic E-state index is 0.456. The molecule has 5 nitrogen and oxygen atoms in total. The summed E-state index contributed by atoms with van der Waals surface area (Å²) in [4.78, 5) is 8.96. The summed E-state index contributed by atoms with van der Waals surface area (Å²) in [6.45, 7) is 4.16. The third-order valence-corrected chi connectivity index (χ3v) is 3.51. The Morgan fingerprint density at radius 1 is 1.00 bits per heavy atom. The molecule has 2 N–H and O–H groups in total. The number of aromatic nitrogens is 4. The van der Waals surface area contributed by atoms with E-state index in [9.17, 15) is 0 Å². The highest BCUT2D eigenvalue weighted by Crippen LogP contribution is 2.24. The van der Waals surface area contributed by atoms with Crippen LogP contribution in [0.15, 0.2) is 36.7 Å². The Bertz CT molecular complexity index is 804. The molecule has 0 radical (unpaired) electrons. The number of hydrogen-bond acceptors (Lipinski definition) is 4. The van der Waals surface area contributed by atoms with Gasteiger partial charge in [0.15, 0.2) is 5.82 Å². The fourth-order valence-electron chi connectivity index (χ4n) is 2.18. The maximum Gasteiger partial charge on any atom is 0.162 e. The van der Waals surface area contributed by atoms with Gasteiger partial charge in [0, 0.05) is 30.4 Å². The quantitative estimate of drug-likeness (QED) is 0.783. The first-order valence-electron chi connectivity index (χ1n) is 6.74. The second kappa shape index (κ2) is 5.01. The lowest BCUT2D eigenvalue weighted by Gasteiger charge is -2.07. The first-order chi connectivity index (χ1) is 10.0. The Labute approximate surface area is 123 Å². The van der Waals surface area contributed by atoms with Gasteiger partial charge in [-0.3, -0.25) is 4.68 Å². The van der Waals surface area contributed by atoms with Crippen LogP contribution in [-0.4, -0.2) is 19.7 Å². The normalized spacial score (nSPS) is 10.8. The van der Waals surface area contributed by atoms with Crippen LogP contribution in [-0.2, 0) is 7.05 Å². The summed E-state index contributed by atoms with van der Waals surface area (Å²) in [6.07, 6.45) is 3.68. The summed E-state index contributed by atoms with van der Waals surface area (Å²) in [6, 6.07) is 7.93. The van der Waals surface area contributed by atoms with Crippen LogP contribution in [0.1, 0.15) is 11.1 Å². The third-order valence-electron chi connectivity index (χ3n) is 3.51. The number of nitrogens with zero attached hydrogens (tertiary/aromatic N) is 4. The van der Waals surface area contributed by atoms with Crippen LogP contribution in [0.2, 0.25) is 0 Å². The molecule has 0 spiro atoms. The van der Waals surface area contributed by atoms with E-state index in [4.69, 9.17) is 5.73 Å². The first-order valence-corrected chi connectivity index (χ1v) is 6.74. The van der Waals surface area contributed by atoms with E-state index < -0.39 is 0 Å². The molecule has 0 aliphatic rings. The molecule has 0 amide bonds. The Morgan fingerprint density at radius 2 is 1.81 bits per heavy atom. The molecule has 106 valence electrons. The number of anilines is 1. The molecule has 0 aliphatic carbocycles. The molecule has 5 heteroatoms. The van der Waals surface area contributed by atoms with Gasteiger partial charge in [-0.25, -0.2) is 9.97 Å². The number of rotatable bonds is 2. The average molecular weight is 279 g/mol. The molecule has 0 saturated carbocycles. The predicted octanol–water partition coefficient (Wildman–Crippen LogP) is 2.74. The lowest BCUT2D eigenvalue weighted by atomic mass is 10.1. The van der Waals surface area contributed by atoms with E-state index in [1.54, 1.807) is 16.9 Å². The molecule has 2 aromatic heterocycles. The molecule has 0 atom stereocenters. The number of nitrogens with two attached hydrogens (primary N) is 1. The van der Waals surface area contributed by atoms with E-state index >= 15 is 0 Å². The Hall–Kier alpha value is -2.69. The Kier molecular flexibility index (Phi) is 3.17. The zero-order valence-electron chi connectivity index (χ0n) is 12.3. The van der Waals surface area contributed by atoms with Gasteiger partial charge < -0.3 is 5.73 Å². The van der Waals surface area contributed by atoms with E-state index in [2.05, 4.69) is 41.0 Å². The highest BCUT2D eigenvalue weighted by molar-refractivity contribution is 5.66. The van der Waals surface area contributed by atoms with Gasteiger partial charge in [0.05, 0.1) is 11.9 Å². The van der Waals surface area contributed by atoms with Crippen LogP contribution in [0.25, 0.3) is 22.6 Å². The zero-order valence-corrected chi connectivity index (χ0v) is 12.3. The zero-order chi connectivity index (χ0) is 15.0. The molecule has 0 unspecified atom stereocenters. The second-order valence-corrected chi connectivity index (χ2v) is 5.20. The van der Waals surface area contributed by atoms with Crippen molar-refractivity contribution < 1.29 is 0 Å². The highest BCUT2D eigenvalue weighted by Gasteiger charge is 2.09. The smallest absolute Gasteiger partial charge is 0.162 e. The average Bonchev–Trinajstić information content (AvgIpc) is 2.88. The van der Waals surface area contributed by atoms with Crippen molar-refractivity contribution in [2.24, 2.45) is 7.05 Å². The standard InChI is InChI=1S/C16H17N5/c1-10-4-5-12(6-11(10)2)16-19-14(7-15(17)20-16)13-8-18-21(3)9-13/h4-9H,1-3H3,(H2,17,19,20). The van der Waals surface area contributed by atoms with Crippen molar-refractivity contribution in [3.8, 4) is 22.6 Å². The van der Waals surface area contributed by atoms with Crippen molar-refractivity contribution in [3.63, 3.8) is 0 Å². The van der Waals surface area contributed by atoms with Crippen LogP contribution in [0.3, 0.4) is 0 Å². The van der Waals surface area contributed by atoms with E-state index in [1.807, 2.05) is 19.3 Å². The van der Waals surface area contributed by atoms with Gasteiger partial charge in [-0.05, 0) is 31.0 Å². The van der Waals surface area contributed by atoms with E-state index in [0.29, 0.717) is 11.6 Å². The van der Waals surface area contributed by atoms with Gasteiger partial charge in [0.25, 0.3) is 0 Å². The molecule has 21 heavy (non-hydrogen) atoms. The van der Waals surface area contributed by atoms with Crippen molar-refractivity contribution in [1.82, 2.24) is 19.7 Å². The summed E-state index contributed by atoms with van der Waals surface area (Å²) in [5.41, 5.74) is 11.1. The topological polar surface area (TPSA) is 69.6 Å². The summed E-state index contributed by atoms with van der Waals surface area (Å²) in [5.74, 6) is 1.09. The van der Waals surface area contributed by atoms with E-state index in [0.717, 1.165) is 16.8 Å². The number of benzene rings is 1. The molecule has 3 aromatic rings. The van der Waals surface area contributed by atoms with Gasteiger partial charge in [0.1, 0.15) is 5.82 Å². The van der Waals surface area contributed by atoms with Crippen LogP contribution in [0.5, 0.6) is 0 Å². The summed E-state index contributed by atoms with van der Waals surface area (Å²) in [5, 5.41) is 4.17. The Morgan fingerprint density at radius 3 is 2.48 bits per heavy atom. The second-order valence-electron chi connectivity index (χ2n) is 5.20. The van der Waals surface area contributed by atoms with Crippen LogP contribution in [0.4, 0.5) is 5.82 Å². The molecule has 3 rings (SSSR count). The maximum absolute atomic E-state index is 5.93. The van der Waals surface area contributed by atoms with Crippen LogP contribution in [0, 0.1) is 13.8 Å². The van der Waals surface area contributed by atoms with Crippen LogP contribution < -0.4 is 5.73 Å². The molecule has 2 heterocycles. The van der Waals surface area contributed by atoms with Gasteiger partial charge in [-0.15, -0.1) is 0 Å². The fourth-order valence-corrected chi connectivity index (χ4v) is 2.18. The molecule has 0 saturated heterocycles. The molecule has 0 aliphatic heterocycles. The van der Waals surface area contributed by atoms with Gasteiger partial charge >= 0.3 is 0 Å². The first kappa shape index (κ1) is 13.3. The summed E-state index contributed by atoms with van der Waals surface area (Å²) in [7, 11) is 1.87. The number of aryl methyl sites for hydroxylation is 3. The SMILES string of the molecule is Cc1ccc(-c2nc(N)cc(-c3cnn(C)c3)n2)cc1C. The molecular formula is C16H17N5. The third kappa shape index (κ3) is 2.63. The Balaban J connectivity index is 2.11. The molecular weight excluding hydrogens is 262 g/mol. The summed E-state index contributed by atoms with van der Waals surface area (Å²) >= 11 is 0. The van der Waals surface area contributed by atoms with Gasteiger partial charge in [0.2, 0.25) is 0 Å². The lowest BCUT2D eigenvalue weighted by Crippen LogP contribution is -1.98. The van der Waals surface area contributed by atoms with E-state index in [1.165, 1.54) is 11.1 Å². The summed E-state index contributed by atoms with van der Waals surface area (Å²) < 4.78 is 1.74. The van der Waals surface area contributed by atoms with Crippen molar-refractivity contribution in [2.45, 2.75) is 13.8 Å². The fraction of sp³-hybridized carbons (Fsp3) is 0.188. The maximum atomic E-state index is 5.93.